The van der Waals surface area contributed by atoms with Crippen molar-refractivity contribution in [1.82, 2.24) is 0 Å². The Labute approximate surface area is 304 Å². The summed E-state index contributed by atoms with van der Waals surface area (Å²) in [5, 5.41) is 102. The second kappa shape index (κ2) is 16.0. The molecule has 3 aromatic carbocycles. The maximum absolute atomic E-state index is 14.0. The molecule has 0 amide bonds. The molecule has 6 rings (SSSR count). The first-order chi connectivity index (χ1) is 25.7. The Balaban J connectivity index is 1.29. The third-order valence-corrected chi connectivity index (χ3v) is 8.73. The summed E-state index contributed by atoms with van der Waals surface area (Å²) in [6.07, 6.45) is -14.8. The van der Waals surface area contributed by atoms with E-state index in [1.807, 2.05) is 0 Å². The molecular formula is C36H36O18. The molecule has 18 nitrogen and oxygen atoms in total. The number of hydrogen-bond donors (Lipinski definition) is 10. The van der Waals surface area contributed by atoms with Gasteiger partial charge in [0.25, 0.3) is 0 Å². The van der Waals surface area contributed by atoms with Crippen molar-refractivity contribution in [3.63, 3.8) is 0 Å². The Morgan fingerprint density at radius 1 is 0.722 bits per heavy atom. The fourth-order valence-corrected chi connectivity index (χ4v) is 5.76. The summed E-state index contributed by atoms with van der Waals surface area (Å²) in [6, 6.07) is 13.2. The summed E-state index contributed by atoms with van der Waals surface area (Å²) in [7, 11) is 0. The molecule has 0 bridgehead atoms. The fraction of sp³-hybridized carbons (Fsp3) is 0.333. The first-order valence-corrected chi connectivity index (χ1v) is 16.4. The van der Waals surface area contributed by atoms with E-state index >= 15 is 0 Å². The SMILES string of the molecule is O=C(C=Cc1ccc(O)cc1)OC[C@H]1O[C@@H](Oc2c(-c3ccc(O)cc3)oc3cc(O[C@@H]4O[C@H](CO)[C@@H](O)[C@H](O)[C@H]4O)cc(O)c3c2=O)[C@H](O)[C@@H](O)[C@@H]1O. The molecule has 18 heteroatoms. The van der Waals surface area contributed by atoms with Crippen LogP contribution in [-0.4, -0.2) is 132 Å². The van der Waals surface area contributed by atoms with E-state index in [0.717, 1.165) is 18.2 Å². The van der Waals surface area contributed by atoms with Crippen LogP contribution in [0.4, 0.5) is 0 Å². The molecule has 4 aromatic rings. The minimum Gasteiger partial charge on any atom is -0.508 e. The normalized spacial score (nSPS) is 28.6. The monoisotopic (exact) mass is 756 g/mol. The van der Waals surface area contributed by atoms with Crippen molar-refractivity contribution in [3.05, 3.63) is 82.5 Å². The lowest BCUT2D eigenvalue weighted by molar-refractivity contribution is -0.278. The summed E-state index contributed by atoms with van der Waals surface area (Å²) in [5.74, 6) is -2.99. The second-order valence-electron chi connectivity index (χ2n) is 12.5. The maximum atomic E-state index is 14.0. The van der Waals surface area contributed by atoms with Crippen LogP contribution in [0.15, 0.2) is 76.0 Å². The zero-order chi connectivity index (χ0) is 38.8. The third-order valence-electron chi connectivity index (χ3n) is 8.73. The number of rotatable bonds is 10. The van der Waals surface area contributed by atoms with Gasteiger partial charge in [-0.1, -0.05) is 12.1 Å². The van der Waals surface area contributed by atoms with E-state index in [4.69, 9.17) is 28.1 Å². The van der Waals surface area contributed by atoms with E-state index in [2.05, 4.69) is 0 Å². The van der Waals surface area contributed by atoms with Gasteiger partial charge in [-0.05, 0) is 48.0 Å². The predicted octanol–water partition coefficient (Wildman–Crippen LogP) is -0.802. The van der Waals surface area contributed by atoms with Crippen LogP contribution in [0, 0.1) is 0 Å². The topological polar surface area (TPSA) is 296 Å². The number of phenols is 3. The van der Waals surface area contributed by atoms with Crippen LogP contribution < -0.4 is 14.9 Å². The standard InChI is InChI=1S/C36H36O18/c37-13-22-26(42)29(45)31(47)35(52-22)50-19-11-20(40)25-21(12-19)51-33(16-4-8-18(39)9-5-16)34(28(25)44)54-36-32(48)30(46)27(43)23(53-36)14-49-24(41)10-3-15-1-6-17(38)7-2-15/h1-12,22-23,26-27,29-32,35-40,42-43,45-48H,13-14H2/t22-,23-,26-,27-,29+,30+,31-,32-,35-,36+/m1/s1. The van der Waals surface area contributed by atoms with E-state index < -0.39 is 103 Å². The molecule has 2 aliphatic heterocycles. The number of aliphatic hydroxyl groups is 7. The number of aliphatic hydroxyl groups excluding tert-OH is 7. The van der Waals surface area contributed by atoms with Gasteiger partial charge in [-0.3, -0.25) is 4.79 Å². The lowest BCUT2D eigenvalue weighted by Crippen LogP contribution is -2.60. The molecule has 1 aromatic heterocycles. The van der Waals surface area contributed by atoms with Crippen LogP contribution in [0.1, 0.15) is 5.56 Å². The molecule has 2 fully saturated rings. The molecule has 2 aliphatic rings. The first-order valence-electron chi connectivity index (χ1n) is 16.4. The van der Waals surface area contributed by atoms with Crippen molar-refractivity contribution in [3.8, 4) is 40.1 Å². The number of phenolic OH excluding ortho intramolecular Hbond substituents is 3. The highest BCUT2D eigenvalue weighted by Gasteiger charge is 2.47. The molecule has 0 spiro atoms. The molecule has 2 saturated heterocycles. The molecular weight excluding hydrogens is 720 g/mol. The van der Waals surface area contributed by atoms with Crippen LogP contribution in [0.2, 0.25) is 0 Å². The molecule has 0 aliphatic carbocycles. The van der Waals surface area contributed by atoms with Gasteiger partial charge in [0.05, 0.1) is 6.61 Å². The number of ether oxygens (including phenoxy) is 5. The quantitative estimate of drug-likeness (QED) is 0.0700. The van der Waals surface area contributed by atoms with Gasteiger partial charge in [0.2, 0.25) is 23.8 Å². The molecule has 288 valence electrons. The Morgan fingerprint density at radius 3 is 1.93 bits per heavy atom. The summed E-state index contributed by atoms with van der Waals surface area (Å²) in [4.78, 5) is 26.4. The van der Waals surface area contributed by atoms with Gasteiger partial charge >= 0.3 is 5.97 Å². The van der Waals surface area contributed by atoms with E-state index in [1.165, 1.54) is 42.5 Å². The van der Waals surface area contributed by atoms with Gasteiger partial charge in [-0.15, -0.1) is 0 Å². The summed E-state index contributed by atoms with van der Waals surface area (Å²) < 4.78 is 33.6. The second-order valence-corrected chi connectivity index (χ2v) is 12.5. The van der Waals surface area contributed by atoms with Gasteiger partial charge in [0.15, 0.2) is 5.76 Å². The number of carbonyl (C=O) groups excluding carboxylic acids is 1. The molecule has 3 heterocycles. The third kappa shape index (κ3) is 7.97. The van der Waals surface area contributed by atoms with Crippen LogP contribution >= 0.6 is 0 Å². The highest BCUT2D eigenvalue weighted by Crippen LogP contribution is 2.38. The zero-order valence-electron chi connectivity index (χ0n) is 27.9. The van der Waals surface area contributed by atoms with Crippen LogP contribution in [-0.2, 0) is 19.0 Å². The van der Waals surface area contributed by atoms with Crippen molar-refractivity contribution in [2.45, 2.75) is 61.4 Å². The van der Waals surface area contributed by atoms with Gasteiger partial charge < -0.3 is 79.2 Å². The average Bonchev–Trinajstić information content (AvgIpc) is 3.15. The number of carbonyl (C=O) groups is 1. The Morgan fingerprint density at radius 2 is 1.30 bits per heavy atom. The van der Waals surface area contributed by atoms with Crippen molar-refractivity contribution in [1.29, 1.82) is 0 Å². The number of hydrogen-bond acceptors (Lipinski definition) is 18. The molecule has 10 N–H and O–H groups in total. The van der Waals surface area contributed by atoms with Crippen LogP contribution in [0.5, 0.6) is 28.7 Å². The van der Waals surface area contributed by atoms with E-state index in [0.29, 0.717) is 5.56 Å². The summed E-state index contributed by atoms with van der Waals surface area (Å²) in [6.45, 7) is -1.37. The van der Waals surface area contributed by atoms with E-state index in [1.54, 1.807) is 12.1 Å². The summed E-state index contributed by atoms with van der Waals surface area (Å²) >= 11 is 0. The average molecular weight is 757 g/mol. The smallest absolute Gasteiger partial charge is 0.330 e. The number of aromatic hydroxyl groups is 3. The minimum absolute atomic E-state index is 0.0259. The molecule has 0 radical (unpaired) electrons. The highest BCUT2D eigenvalue weighted by atomic mass is 16.7. The number of fused-ring (bicyclic) bond motifs is 1. The van der Waals surface area contributed by atoms with Gasteiger partial charge in [-0.25, -0.2) is 4.79 Å². The van der Waals surface area contributed by atoms with Crippen molar-refractivity contribution >= 4 is 23.0 Å². The van der Waals surface area contributed by atoms with E-state index in [9.17, 15) is 60.7 Å². The van der Waals surface area contributed by atoms with Crippen molar-refractivity contribution in [2.24, 2.45) is 0 Å². The van der Waals surface area contributed by atoms with Crippen molar-refractivity contribution < 1.29 is 84.0 Å². The van der Waals surface area contributed by atoms with Crippen LogP contribution in [0.25, 0.3) is 28.4 Å². The van der Waals surface area contributed by atoms with E-state index in [-0.39, 0.29) is 34.2 Å². The van der Waals surface area contributed by atoms with Gasteiger partial charge in [0.1, 0.15) is 89.4 Å². The van der Waals surface area contributed by atoms with Gasteiger partial charge in [-0.2, -0.15) is 0 Å². The Kier molecular flexibility index (Phi) is 11.4. The van der Waals surface area contributed by atoms with Crippen LogP contribution in [0.3, 0.4) is 0 Å². The fourth-order valence-electron chi connectivity index (χ4n) is 5.76. The molecule has 10 atom stereocenters. The maximum Gasteiger partial charge on any atom is 0.330 e. The Bertz CT molecular complexity index is 2030. The lowest BCUT2D eigenvalue weighted by Gasteiger charge is -2.39. The highest BCUT2D eigenvalue weighted by molar-refractivity contribution is 5.88. The predicted molar refractivity (Wildman–Crippen MR) is 181 cm³/mol. The Hall–Kier alpha value is -5.28. The minimum atomic E-state index is -1.98. The largest absolute Gasteiger partial charge is 0.508 e. The molecule has 0 unspecified atom stereocenters. The zero-order valence-corrected chi connectivity index (χ0v) is 27.9. The number of benzene rings is 3. The lowest BCUT2D eigenvalue weighted by atomic mass is 9.99. The molecule has 54 heavy (non-hydrogen) atoms. The first kappa shape index (κ1) is 38.4. The molecule has 0 saturated carbocycles. The van der Waals surface area contributed by atoms with Crippen molar-refractivity contribution in [2.75, 3.05) is 13.2 Å². The summed E-state index contributed by atoms with van der Waals surface area (Å²) in [5.41, 5.74) is -0.665. The van der Waals surface area contributed by atoms with Gasteiger partial charge in [0, 0.05) is 23.8 Å². The number of esters is 1.